The molecule has 2 heterocycles. The largest absolute Gasteiger partial charge is 0.439 e. The van der Waals surface area contributed by atoms with Gasteiger partial charge in [-0.25, -0.2) is 8.96 Å². The topological polar surface area (TPSA) is 128 Å². The Hall–Kier alpha value is -3.57. The van der Waals surface area contributed by atoms with Gasteiger partial charge in [0.1, 0.15) is 5.82 Å². The molecule has 27 heavy (non-hydrogen) atoms. The summed E-state index contributed by atoms with van der Waals surface area (Å²) in [6.45, 7) is 1.38. The number of carbonyl (C=O) groups is 1. The number of hydrogen-bond acceptors (Lipinski definition) is 7. The molecule has 1 amide bonds. The molecule has 0 aliphatic carbocycles. The number of hydrogen-bond donors (Lipinski definition) is 0. The van der Waals surface area contributed by atoms with Gasteiger partial charge in [0.05, 0.1) is 0 Å². The van der Waals surface area contributed by atoms with Crippen molar-refractivity contribution in [1.29, 1.82) is 0 Å². The van der Waals surface area contributed by atoms with Crippen LogP contribution >= 0.6 is 0 Å². The van der Waals surface area contributed by atoms with Crippen LogP contribution in [0.15, 0.2) is 30.5 Å². The number of imidazole rings is 1. The number of halogens is 1. The van der Waals surface area contributed by atoms with Gasteiger partial charge in [-0.1, -0.05) is 0 Å². The van der Waals surface area contributed by atoms with Crippen molar-refractivity contribution in [3.8, 4) is 0 Å². The summed E-state index contributed by atoms with van der Waals surface area (Å²) in [6, 6.07) is 6.03. The van der Waals surface area contributed by atoms with Crippen molar-refractivity contribution >= 4 is 23.4 Å². The quantitative estimate of drug-likeness (QED) is 0.564. The van der Waals surface area contributed by atoms with Crippen molar-refractivity contribution in [2.75, 3.05) is 31.1 Å². The van der Waals surface area contributed by atoms with E-state index in [4.69, 9.17) is 0 Å². The maximum atomic E-state index is 13.0. The van der Waals surface area contributed by atoms with Crippen LogP contribution in [0.5, 0.6) is 0 Å². The van der Waals surface area contributed by atoms with E-state index in [0.717, 1.165) is 16.5 Å². The SMILES string of the molecule is O=C(Cn1cc([N+](=O)[O-])nc1[N+](=O)[O-])N1CCN(c2ccc(F)cc2)CC1. The minimum absolute atomic E-state index is 0.330. The summed E-state index contributed by atoms with van der Waals surface area (Å²) in [7, 11) is 0. The maximum absolute atomic E-state index is 13.0. The molecule has 1 aromatic heterocycles. The second-order valence-electron chi connectivity index (χ2n) is 5.89. The Morgan fingerprint density at radius 1 is 1.07 bits per heavy atom. The monoisotopic (exact) mass is 378 g/mol. The molecule has 1 aromatic carbocycles. The zero-order chi connectivity index (χ0) is 19.6. The summed E-state index contributed by atoms with van der Waals surface area (Å²) < 4.78 is 13.9. The lowest BCUT2D eigenvalue weighted by Crippen LogP contribution is -2.49. The molecule has 1 aliphatic heterocycles. The summed E-state index contributed by atoms with van der Waals surface area (Å²) in [4.78, 5) is 39.3. The van der Waals surface area contributed by atoms with Crippen LogP contribution in [-0.2, 0) is 11.3 Å². The van der Waals surface area contributed by atoms with E-state index in [9.17, 15) is 29.4 Å². The molecule has 0 N–H and O–H groups in total. The van der Waals surface area contributed by atoms with E-state index in [1.807, 2.05) is 4.90 Å². The standard InChI is InChI=1S/C15H15FN6O5/c16-11-1-3-12(4-2-11)18-5-7-19(8-6-18)14(23)10-20-9-13(21(24)25)17-15(20)22(26)27/h1-4,9H,5-8,10H2. The van der Waals surface area contributed by atoms with Gasteiger partial charge in [0.2, 0.25) is 0 Å². The zero-order valence-corrected chi connectivity index (χ0v) is 14.0. The van der Waals surface area contributed by atoms with Crippen molar-refractivity contribution in [1.82, 2.24) is 14.5 Å². The predicted octanol–water partition coefficient (Wildman–Crippen LogP) is 1.19. The highest BCUT2D eigenvalue weighted by atomic mass is 19.1. The Bertz CT molecular complexity index is 875. The summed E-state index contributed by atoms with van der Waals surface area (Å²) in [6.07, 6.45) is 0.880. The summed E-state index contributed by atoms with van der Waals surface area (Å²) in [5.74, 6) is -2.16. The first-order valence-corrected chi connectivity index (χ1v) is 7.99. The van der Waals surface area contributed by atoms with Crippen molar-refractivity contribution in [3.63, 3.8) is 0 Å². The Kier molecular flexibility index (Phi) is 4.96. The van der Waals surface area contributed by atoms with Gasteiger partial charge >= 0.3 is 11.8 Å². The van der Waals surface area contributed by atoms with Gasteiger partial charge in [-0.15, -0.1) is 0 Å². The highest BCUT2D eigenvalue weighted by Gasteiger charge is 2.28. The first kappa shape index (κ1) is 18.2. The molecular weight excluding hydrogens is 363 g/mol. The van der Waals surface area contributed by atoms with Crippen molar-refractivity contribution < 1.29 is 19.0 Å². The van der Waals surface area contributed by atoms with Crippen LogP contribution in [-0.4, -0.2) is 56.4 Å². The van der Waals surface area contributed by atoms with Gasteiger partial charge in [-0.2, -0.15) is 0 Å². The van der Waals surface area contributed by atoms with Gasteiger partial charge in [0, 0.05) is 31.9 Å². The van der Waals surface area contributed by atoms with E-state index >= 15 is 0 Å². The average Bonchev–Trinajstić information content (AvgIpc) is 3.07. The van der Waals surface area contributed by atoms with E-state index in [1.54, 1.807) is 12.1 Å². The molecule has 0 unspecified atom stereocenters. The van der Waals surface area contributed by atoms with Crippen molar-refractivity contribution in [3.05, 3.63) is 56.5 Å². The molecule has 0 radical (unpaired) electrons. The summed E-state index contributed by atoms with van der Waals surface area (Å²) in [5.41, 5.74) is 0.837. The lowest BCUT2D eigenvalue weighted by atomic mass is 10.2. The fourth-order valence-electron chi connectivity index (χ4n) is 2.85. The van der Waals surface area contributed by atoms with Gasteiger partial charge in [-0.05, 0) is 39.1 Å². The number of carbonyl (C=O) groups excluding carboxylic acids is 1. The molecule has 0 bridgehead atoms. The highest BCUT2D eigenvalue weighted by Crippen LogP contribution is 2.19. The predicted molar refractivity (Wildman–Crippen MR) is 90.7 cm³/mol. The van der Waals surface area contributed by atoms with Crippen LogP contribution < -0.4 is 4.90 Å². The third-order valence-electron chi connectivity index (χ3n) is 4.22. The number of amides is 1. The maximum Gasteiger partial charge on any atom is 0.439 e. The third-order valence-corrected chi connectivity index (χ3v) is 4.22. The molecule has 142 valence electrons. The van der Waals surface area contributed by atoms with E-state index in [0.29, 0.717) is 26.2 Å². The Morgan fingerprint density at radius 2 is 1.70 bits per heavy atom. The minimum atomic E-state index is -0.868. The van der Waals surface area contributed by atoms with Crippen LogP contribution in [0.3, 0.4) is 0 Å². The Morgan fingerprint density at radius 3 is 2.26 bits per heavy atom. The van der Waals surface area contributed by atoms with E-state index < -0.39 is 34.1 Å². The number of rotatable bonds is 5. The third kappa shape index (κ3) is 3.99. The zero-order valence-electron chi connectivity index (χ0n) is 14.0. The van der Waals surface area contributed by atoms with Gasteiger partial charge in [0.15, 0.2) is 12.7 Å². The molecule has 1 fully saturated rings. The second kappa shape index (κ2) is 7.35. The lowest BCUT2D eigenvalue weighted by molar-refractivity contribution is -0.403. The van der Waals surface area contributed by atoms with Crippen molar-refractivity contribution in [2.45, 2.75) is 6.54 Å². The molecule has 1 aliphatic rings. The second-order valence-corrected chi connectivity index (χ2v) is 5.89. The first-order valence-electron chi connectivity index (χ1n) is 7.99. The number of anilines is 1. The summed E-state index contributed by atoms with van der Waals surface area (Å²) >= 11 is 0. The molecule has 3 rings (SSSR count). The van der Waals surface area contributed by atoms with Gasteiger partial charge < -0.3 is 30.0 Å². The molecule has 1 saturated heterocycles. The fraction of sp³-hybridized carbons (Fsp3) is 0.333. The molecule has 0 atom stereocenters. The molecule has 0 saturated carbocycles. The summed E-state index contributed by atoms with van der Waals surface area (Å²) in [5, 5.41) is 21.7. The molecule has 11 nitrogen and oxygen atoms in total. The number of piperazine rings is 1. The number of benzene rings is 1. The normalized spacial score (nSPS) is 14.3. The van der Waals surface area contributed by atoms with Crippen LogP contribution in [0, 0.1) is 26.0 Å². The van der Waals surface area contributed by atoms with Gasteiger partial charge in [0.25, 0.3) is 5.91 Å². The highest BCUT2D eigenvalue weighted by molar-refractivity contribution is 5.76. The smallest absolute Gasteiger partial charge is 0.390 e. The van der Waals surface area contributed by atoms with Crippen molar-refractivity contribution in [2.24, 2.45) is 0 Å². The van der Waals surface area contributed by atoms with E-state index in [-0.39, 0.29) is 5.82 Å². The van der Waals surface area contributed by atoms with Crippen LogP contribution in [0.1, 0.15) is 0 Å². The van der Waals surface area contributed by atoms with Crippen LogP contribution in [0.25, 0.3) is 0 Å². The Balaban J connectivity index is 1.64. The van der Waals surface area contributed by atoms with E-state index in [2.05, 4.69) is 4.98 Å². The first-order chi connectivity index (χ1) is 12.8. The fourth-order valence-corrected chi connectivity index (χ4v) is 2.85. The van der Waals surface area contributed by atoms with Crippen LogP contribution in [0.2, 0.25) is 0 Å². The molecule has 12 heteroatoms. The lowest BCUT2D eigenvalue weighted by Gasteiger charge is -2.36. The van der Waals surface area contributed by atoms with Gasteiger partial charge in [-0.3, -0.25) is 4.79 Å². The number of nitrogens with zero attached hydrogens (tertiary/aromatic N) is 6. The Labute approximate surface area is 151 Å². The molecule has 0 spiro atoms. The minimum Gasteiger partial charge on any atom is -0.390 e. The molecular formula is C15H15FN6O5. The molecule has 2 aromatic rings. The number of nitro groups is 2. The van der Waals surface area contributed by atoms with Crippen LogP contribution in [0.4, 0.5) is 21.8 Å². The average molecular weight is 378 g/mol. The van der Waals surface area contributed by atoms with E-state index in [1.165, 1.54) is 17.0 Å². The number of aromatic nitrogens is 2.